The minimum Gasteiger partial charge on any atom is -0.313 e. The number of nitrogens with zero attached hydrogens (tertiary/aromatic N) is 3. The SMILES string of the molecule is CCNCc1cc2ccccc2nc1Sc1ccncn1. The molecule has 0 fully saturated rings. The second-order valence-corrected chi connectivity index (χ2v) is 5.58. The maximum Gasteiger partial charge on any atom is 0.116 e. The average Bonchev–Trinajstić information content (AvgIpc) is 2.54. The van der Waals surface area contributed by atoms with Crippen LogP contribution in [0.25, 0.3) is 10.9 Å². The summed E-state index contributed by atoms with van der Waals surface area (Å²) in [6.07, 6.45) is 3.31. The quantitative estimate of drug-likeness (QED) is 0.732. The van der Waals surface area contributed by atoms with E-state index in [2.05, 4.69) is 34.3 Å². The molecular formula is C16H16N4S. The van der Waals surface area contributed by atoms with Gasteiger partial charge in [-0.1, -0.05) is 25.1 Å². The van der Waals surface area contributed by atoms with E-state index < -0.39 is 0 Å². The highest BCUT2D eigenvalue weighted by Gasteiger charge is 2.09. The molecule has 3 rings (SSSR count). The van der Waals surface area contributed by atoms with Crippen molar-refractivity contribution < 1.29 is 0 Å². The van der Waals surface area contributed by atoms with E-state index in [4.69, 9.17) is 4.98 Å². The van der Waals surface area contributed by atoms with Crippen molar-refractivity contribution in [2.45, 2.75) is 23.5 Å². The molecule has 2 aromatic heterocycles. The smallest absolute Gasteiger partial charge is 0.116 e. The molecule has 0 aliphatic heterocycles. The summed E-state index contributed by atoms with van der Waals surface area (Å²) < 4.78 is 0. The van der Waals surface area contributed by atoms with Crippen molar-refractivity contribution in [1.82, 2.24) is 20.3 Å². The Morgan fingerprint density at radius 1 is 1.19 bits per heavy atom. The van der Waals surface area contributed by atoms with E-state index in [-0.39, 0.29) is 0 Å². The Morgan fingerprint density at radius 3 is 2.90 bits per heavy atom. The zero-order valence-corrected chi connectivity index (χ0v) is 12.6. The summed E-state index contributed by atoms with van der Waals surface area (Å²) in [7, 11) is 0. The number of nitrogens with one attached hydrogen (secondary N) is 1. The molecule has 0 aliphatic carbocycles. The van der Waals surface area contributed by atoms with Gasteiger partial charge in [-0.2, -0.15) is 0 Å². The topological polar surface area (TPSA) is 50.7 Å². The Hall–Kier alpha value is -1.98. The van der Waals surface area contributed by atoms with Crippen molar-refractivity contribution in [3.63, 3.8) is 0 Å². The van der Waals surface area contributed by atoms with Gasteiger partial charge >= 0.3 is 0 Å². The first-order chi connectivity index (χ1) is 10.4. The molecule has 0 radical (unpaired) electrons. The molecule has 0 aliphatic rings. The van der Waals surface area contributed by atoms with E-state index in [0.717, 1.165) is 34.0 Å². The van der Waals surface area contributed by atoms with Crippen LogP contribution < -0.4 is 5.32 Å². The molecule has 106 valence electrons. The second-order valence-electron chi connectivity index (χ2n) is 4.58. The minimum absolute atomic E-state index is 0.807. The third-order valence-corrected chi connectivity index (χ3v) is 4.08. The van der Waals surface area contributed by atoms with E-state index in [1.54, 1.807) is 24.3 Å². The van der Waals surface area contributed by atoms with Crippen LogP contribution in [0.2, 0.25) is 0 Å². The zero-order valence-electron chi connectivity index (χ0n) is 11.8. The van der Waals surface area contributed by atoms with Gasteiger partial charge in [0.2, 0.25) is 0 Å². The Morgan fingerprint density at radius 2 is 2.10 bits per heavy atom. The van der Waals surface area contributed by atoms with Crippen LogP contribution in [-0.2, 0) is 6.54 Å². The summed E-state index contributed by atoms with van der Waals surface area (Å²) >= 11 is 1.58. The maximum atomic E-state index is 4.79. The molecule has 1 aromatic carbocycles. The Bertz CT molecular complexity index is 731. The molecule has 4 nitrogen and oxygen atoms in total. The number of pyridine rings is 1. The fourth-order valence-corrected chi connectivity index (χ4v) is 2.89. The number of hydrogen-bond acceptors (Lipinski definition) is 5. The Balaban J connectivity index is 2.01. The predicted molar refractivity (Wildman–Crippen MR) is 85.3 cm³/mol. The van der Waals surface area contributed by atoms with Crippen LogP contribution in [0.3, 0.4) is 0 Å². The molecule has 0 bridgehead atoms. The van der Waals surface area contributed by atoms with Crippen molar-refractivity contribution in [2.24, 2.45) is 0 Å². The molecule has 1 N–H and O–H groups in total. The van der Waals surface area contributed by atoms with E-state index in [9.17, 15) is 0 Å². The predicted octanol–water partition coefficient (Wildman–Crippen LogP) is 3.29. The normalized spacial score (nSPS) is 10.9. The fraction of sp³-hybridized carbons (Fsp3) is 0.188. The third kappa shape index (κ3) is 3.37. The minimum atomic E-state index is 0.807. The van der Waals surface area contributed by atoms with E-state index in [1.807, 2.05) is 24.3 Å². The van der Waals surface area contributed by atoms with Crippen molar-refractivity contribution in [2.75, 3.05) is 6.54 Å². The van der Waals surface area contributed by atoms with Crippen LogP contribution in [0, 0.1) is 0 Å². The first kappa shape index (κ1) is 14.0. The lowest BCUT2D eigenvalue weighted by molar-refractivity contribution is 0.713. The number of rotatable bonds is 5. The van der Waals surface area contributed by atoms with Crippen molar-refractivity contribution >= 4 is 22.7 Å². The van der Waals surface area contributed by atoms with Gasteiger partial charge in [0.25, 0.3) is 0 Å². The first-order valence-electron chi connectivity index (χ1n) is 6.90. The van der Waals surface area contributed by atoms with Gasteiger partial charge in [-0.3, -0.25) is 0 Å². The molecule has 0 atom stereocenters. The molecule has 0 saturated carbocycles. The molecule has 5 heteroatoms. The van der Waals surface area contributed by atoms with Crippen LogP contribution >= 0.6 is 11.8 Å². The largest absolute Gasteiger partial charge is 0.313 e. The highest BCUT2D eigenvalue weighted by atomic mass is 32.2. The zero-order chi connectivity index (χ0) is 14.5. The van der Waals surface area contributed by atoms with Gasteiger partial charge in [-0.15, -0.1) is 0 Å². The summed E-state index contributed by atoms with van der Waals surface area (Å²) in [4.78, 5) is 13.0. The van der Waals surface area contributed by atoms with Gasteiger partial charge in [0.1, 0.15) is 16.4 Å². The Kier molecular flexibility index (Phi) is 4.43. The van der Waals surface area contributed by atoms with E-state index in [1.165, 1.54) is 5.56 Å². The number of para-hydroxylation sites is 1. The van der Waals surface area contributed by atoms with Gasteiger partial charge in [0, 0.05) is 18.1 Å². The molecule has 0 spiro atoms. The van der Waals surface area contributed by atoms with Gasteiger partial charge in [-0.05, 0) is 42.1 Å². The highest BCUT2D eigenvalue weighted by Crippen LogP contribution is 2.29. The van der Waals surface area contributed by atoms with Crippen molar-refractivity contribution in [1.29, 1.82) is 0 Å². The van der Waals surface area contributed by atoms with Gasteiger partial charge in [-0.25, -0.2) is 15.0 Å². The number of fused-ring (bicyclic) bond motifs is 1. The summed E-state index contributed by atoms with van der Waals surface area (Å²) in [6.45, 7) is 3.85. The molecule has 2 heterocycles. The van der Waals surface area contributed by atoms with Gasteiger partial charge < -0.3 is 5.32 Å². The van der Waals surface area contributed by atoms with Crippen LogP contribution in [0.5, 0.6) is 0 Å². The lowest BCUT2D eigenvalue weighted by Gasteiger charge is -2.10. The molecule has 0 saturated heterocycles. The highest BCUT2D eigenvalue weighted by molar-refractivity contribution is 7.99. The monoisotopic (exact) mass is 296 g/mol. The van der Waals surface area contributed by atoms with Gasteiger partial charge in [0.05, 0.1) is 5.52 Å². The van der Waals surface area contributed by atoms with E-state index in [0.29, 0.717) is 0 Å². The van der Waals surface area contributed by atoms with E-state index >= 15 is 0 Å². The fourth-order valence-electron chi connectivity index (χ4n) is 2.05. The number of aromatic nitrogens is 3. The van der Waals surface area contributed by atoms with Crippen LogP contribution in [0.1, 0.15) is 12.5 Å². The van der Waals surface area contributed by atoms with Crippen molar-refractivity contribution in [3.05, 3.63) is 54.5 Å². The van der Waals surface area contributed by atoms with Crippen molar-refractivity contribution in [3.8, 4) is 0 Å². The van der Waals surface area contributed by atoms with Crippen LogP contribution in [-0.4, -0.2) is 21.5 Å². The lowest BCUT2D eigenvalue weighted by Crippen LogP contribution is -2.13. The summed E-state index contributed by atoms with van der Waals surface area (Å²) in [5.41, 5.74) is 2.20. The van der Waals surface area contributed by atoms with Gasteiger partial charge in [0.15, 0.2) is 0 Å². The third-order valence-electron chi connectivity index (χ3n) is 3.08. The van der Waals surface area contributed by atoms with Crippen LogP contribution in [0.4, 0.5) is 0 Å². The standard InChI is InChI=1S/C16H16N4S/c1-2-17-10-13-9-12-5-3-4-6-14(12)20-16(13)21-15-7-8-18-11-19-15/h3-9,11,17H,2,10H2,1H3. The maximum absolute atomic E-state index is 4.79. The molecular weight excluding hydrogens is 280 g/mol. The first-order valence-corrected chi connectivity index (χ1v) is 7.71. The molecule has 3 aromatic rings. The lowest BCUT2D eigenvalue weighted by atomic mass is 10.1. The Labute approximate surface area is 128 Å². The summed E-state index contributed by atoms with van der Waals surface area (Å²) in [5, 5.41) is 6.44. The summed E-state index contributed by atoms with van der Waals surface area (Å²) in [5.74, 6) is 0. The molecule has 21 heavy (non-hydrogen) atoms. The van der Waals surface area contributed by atoms with Crippen LogP contribution in [0.15, 0.2) is 59.0 Å². The average molecular weight is 296 g/mol. The number of hydrogen-bond donors (Lipinski definition) is 1. The second kappa shape index (κ2) is 6.65. The molecule has 0 unspecified atom stereocenters. The summed E-state index contributed by atoms with van der Waals surface area (Å²) in [6, 6.07) is 12.3. The molecule has 0 amide bonds. The number of benzene rings is 1.